The summed E-state index contributed by atoms with van der Waals surface area (Å²) in [5.41, 5.74) is 1.25. The fourth-order valence-corrected chi connectivity index (χ4v) is 2.41. The summed E-state index contributed by atoms with van der Waals surface area (Å²) in [5.74, 6) is 1.10. The topological polar surface area (TPSA) is 28.2 Å². The van der Waals surface area contributed by atoms with Crippen LogP contribution in [0, 0.1) is 0 Å². The molecule has 1 rings (SSSR count). The molecule has 3 nitrogen and oxygen atoms in total. The highest BCUT2D eigenvalue weighted by Gasteiger charge is 2.15. The van der Waals surface area contributed by atoms with Gasteiger partial charge in [0.1, 0.15) is 5.82 Å². The molecule has 0 aliphatic rings. The molecular weight excluding hydrogens is 302 g/mol. The highest BCUT2D eigenvalue weighted by atomic mass is 79.9. The van der Waals surface area contributed by atoms with E-state index in [1.165, 1.54) is 5.56 Å². The average Bonchev–Trinajstić information content (AvgIpc) is 2.34. The monoisotopic (exact) mass is 327 g/mol. The molecule has 0 atom stereocenters. The maximum Gasteiger partial charge on any atom is 0.133 e. The smallest absolute Gasteiger partial charge is 0.133 e. The van der Waals surface area contributed by atoms with Gasteiger partial charge < -0.3 is 10.2 Å². The van der Waals surface area contributed by atoms with Crippen molar-refractivity contribution in [2.45, 2.75) is 59.7 Å². The Bertz CT molecular complexity index is 391. The van der Waals surface area contributed by atoms with E-state index in [9.17, 15) is 0 Å². The first kappa shape index (κ1) is 16.4. The van der Waals surface area contributed by atoms with Gasteiger partial charge in [-0.15, -0.1) is 0 Å². The predicted octanol–water partition coefficient (Wildman–Crippen LogP) is 3.97. The molecule has 0 aliphatic carbocycles. The Kier molecular flexibility index (Phi) is 6.80. The molecular formula is C15H26BrN3. The van der Waals surface area contributed by atoms with Gasteiger partial charge in [0.2, 0.25) is 0 Å². The molecule has 0 fully saturated rings. The first-order chi connectivity index (χ1) is 8.95. The second kappa shape index (κ2) is 7.85. The van der Waals surface area contributed by atoms with Crippen LogP contribution in [0.3, 0.4) is 0 Å². The largest absolute Gasteiger partial charge is 0.354 e. The number of anilines is 1. The molecule has 0 bridgehead atoms. The number of nitrogens with zero attached hydrogens (tertiary/aromatic N) is 2. The van der Waals surface area contributed by atoms with Crippen molar-refractivity contribution in [1.29, 1.82) is 0 Å². The number of hydrogen-bond acceptors (Lipinski definition) is 3. The van der Waals surface area contributed by atoms with E-state index in [1.807, 2.05) is 6.20 Å². The molecule has 1 heterocycles. The van der Waals surface area contributed by atoms with Crippen LogP contribution in [-0.2, 0) is 6.54 Å². The molecule has 1 aromatic rings. The zero-order valence-corrected chi connectivity index (χ0v) is 14.3. The normalized spacial score (nSPS) is 11.4. The third kappa shape index (κ3) is 5.11. The summed E-state index contributed by atoms with van der Waals surface area (Å²) < 4.78 is 1.04. The Morgan fingerprint density at radius 1 is 1.32 bits per heavy atom. The standard InChI is InChI=1S/C15H26BrN3/c1-6-7-19(12(4)5)15-13(9-17-11(2)3)8-14(16)10-18-15/h8,10-12,17H,6-7,9H2,1-5H3. The van der Waals surface area contributed by atoms with Crippen LogP contribution >= 0.6 is 15.9 Å². The van der Waals surface area contributed by atoms with Crippen LogP contribution < -0.4 is 10.2 Å². The second-order valence-electron chi connectivity index (χ2n) is 5.46. The molecule has 0 saturated heterocycles. The van der Waals surface area contributed by atoms with E-state index in [0.29, 0.717) is 12.1 Å². The molecule has 0 saturated carbocycles. The third-order valence-electron chi connectivity index (χ3n) is 2.97. The van der Waals surface area contributed by atoms with Gasteiger partial charge in [0.15, 0.2) is 0 Å². The highest BCUT2D eigenvalue weighted by Crippen LogP contribution is 2.23. The summed E-state index contributed by atoms with van der Waals surface area (Å²) >= 11 is 3.52. The Balaban J connectivity index is 3.02. The average molecular weight is 328 g/mol. The van der Waals surface area contributed by atoms with Crippen molar-refractivity contribution in [3.63, 3.8) is 0 Å². The van der Waals surface area contributed by atoms with Crippen LogP contribution in [0.2, 0.25) is 0 Å². The number of pyridine rings is 1. The van der Waals surface area contributed by atoms with Gasteiger partial charge in [-0.25, -0.2) is 4.98 Å². The molecule has 1 N–H and O–H groups in total. The zero-order chi connectivity index (χ0) is 14.4. The van der Waals surface area contributed by atoms with Crippen molar-refractivity contribution >= 4 is 21.7 Å². The predicted molar refractivity (Wildman–Crippen MR) is 86.7 cm³/mol. The molecule has 0 aromatic carbocycles. The summed E-state index contributed by atoms with van der Waals surface area (Å²) in [6, 6.07) is 3.11. The molecule has 108 valence electrons. The van der Waals surface area contributed by atoms with Crippen molar-refractivity contribution in [3.05, 3.63) is 22.3 Å². The molecule has 0 amide bonds. The Hall–Kier alpha value is -0.610. The summed E-state index contributed by atoms with van der Waals surface area (Å²) in [4.78, 5) is 7.01. The molecule has 1 aromatic heterocycles. The van der Waals surface area contributed by atoms with Gasteiger partial charge in [-0.05, 0) is 42.3 Å². The van der Waals surface area contributed by atoms with Gasteiger partial charge in [-0.3, -0.25) is 0 Å². The molecule has 0 spiro atoms. The fraction of sp³-hybridized carbons (Fsp3) is 0.667. The van der Waals surface area contributed by atoms with Crippen molar-refractivity contribution < 1.29 is 0 Å². The lowest BCUT2D eigenvalue weighted by molar-refractivity contribution is 0.582. The third-order valence-corrected chi connectivity index (χ3v) is 3.40. The van der Waals surface area contributed by atoms with Crippen molar-refractivity contribution in [2.75, 3.05) is 11.4 Å². The zero-order valence-electron chi connectivity index (χ0n) is 12.7. The van der Waals surface area contributed by atoms with Crippen LogP contribution in [0.25, 0.3) is 0 Å². The minimum Gasteiger partial charge on any atom is -0.354 e. The molecule has 0 radical (unpaired) electrons. The van der Waals surface area contributed by atoms with Crippen LogP contribution in [-0.4, -0.2) is 23.6 Å². The maximum absolute atomic E-state index is 4.64. The highest BCUT2D eigenvalue weighted by molar-refractivity contribution is 9.10. The van der Waals surface area contributed by atoms with E-state index < -0.39 is 0 Å². The minimum absolute atomic E-state index is 0.464. The van der Waals surface area contributed by atoms with Crippen molar-refractivity contribution in [1.82, 2.24) is 10.3 Å². The van der Waals surface area contributed by atoms with Gasteiger partial charge in [0, 0.05) is 41.4 Å². The summed E-state index contributed by atoms with van der Waals surface area (Å²) in [7, 11) is 0. The lowest BCUT2D eigenvalue weighted by atomic mass is 10.2. The first-order valence-electron chi connectivity index (χ1n) is 7.10. The molecule has 4 heteroatoms. The van der Waals surface area contributed by atoms with Gasteiger partial charge in [-0.2, -0.15) is 0 Å². The number of nitrogens with one attached hydrogen (secondary N) is 1. The van der Waals surface area contributed by atoms with Crippen LogP contribution in [0.4, 0.5) is 5.82 Å². The molecule has 19 heavy (non-hydrogen) atoms. The number of aromatic nitrogens is 1. The van der Waals surface area contributed by atoms with Crippen molar-refractivity contribution in [3.8, 4) is 0 Å². The van der Waals surface area contributed by atoms with E-state index in [0.717, 1.165) is 29.8 Å². The Labute approximate surface area is 125 Å². The SMILES string of the molecule is CCCN(c1ncc(Br)cc1CNC(C)C)C(C)C. The number of halogens is 1. The summed E-state index contributed by atoms with van der Waals surface area (Å²) in [6.07, 6.45) is 3.02. The molecule has 0 aliphatic heterocycles. The van der Waals surface area contributed by atoms with Crippen LogP contribution in [0.5, 0.6) is 0 Å². The van der Waals surface area contributed by atoms with Gasteiger partial charge in [-0.1, -0.05) is 20.8 Å². The van der Waals surface area contributed by atoms with E-state index in [4.69, 9.17) is 0 Å². The quantitative estimate of drug-likeness (QED) is 0.821. The number of hydrogen-bond donors (Lipinski definition) is 1. The van der Waals surface area contributed by atoms with Crippen molar-refractivity contribution in [2.24, 2.45) is 0 Å². The van der Waals surface area contributed by atoms with Crippen LogP contribution in [0.15, 0.2) is 16.7 Å². The van der Waals surface area contributed by atoms with Gasteiger partial charge >= 0.3 is 0 Å². The van der Waals surface area contributed by atoms with Gasteiger partial charge in [0.25, 0.3) is 0 Å². The summed E-state index contributed by atoms with van der Waals surface area (Å²) in [5, 5.41) is 3.48. The van der Waals surface area contributed by atoms with Gasteiger partial charge in [0.05, 0.1) is 0 Å². The summed E-state index contributed by atoms with van der Waals surface area (Å²) in [6.45, 7) is 12.9. The van der Waals surface area contributed by atoms with E-state index >= 15 is 0 Å². The van der Waals surface area contributed by atoms with E-state index in [-0.39, 0.29) is 0 Å². The Morgan fingerprint density at radius 3 is 2.53 bits per heavy atom. The van der Waals surface area contributed by atoms with E-state index in [2.05, 4.69) is 71.8 Å². The Morgan fingerprint density at radius 2 is 2.00 bits per heavy atom. The number of rotatable bonds is 7. The van der Waals surface area contributed by atoms with Crippen LogP contribution in [0.1, 0.15) is 46.6 Å². The lowest BCUT2D eigenvalue weighted by Gasteiger charge is -2.29. The lowest BCUT2D eigenvalue weighted by Crippen LogP contribution is -2.34. The first-order valence-corrected chi connectivity index (χ1v) is 7.89. The second-order valence-corrected chi connectivity index (χ2v) is 6.37. The van der Waals surface area contributed by atoms with E-state index in [1.54, 1.807) is 0 Å². The molecule has 0 unspecified atom stereocenters. The maximum atomic E-state index is 4.64. The fourth-order valence-electron chi connectivity index (χ4n) is 2.03. The minimum atomic E-state index is 0.464.